The zero-order chi connectivity index (χ0) is 53.9. The number of carbonyl (C=O) groups excluding carboxylic acids is 7. The largest absolute Gasteiger partial charge is 2.00 e. The van der Waals surface area contributed by atoms with E-state index >= 15 is 0 Å². The van der Waals surface area contributed by atoms with Crippen molar-refractivity contribution >= 4 is 66.7 Å². The molecule has 4 heterocycles. The molecule has 4 aliphatic heterocycles. The molecule has 4 aliphatic rings. The number of aliphatic imine (C=N–C) groups is 3. The van der Waals surface area contributed by atoms with Crippen LogP contribution in [0.15, 0.2) is 49.3 Å². The van der Waals surface area contributed by atoms with Crippen molar-refractivity contribution in [2.45, 2.75) is 145 Å². The normalized spacial score (nSPS) is 32.3. The molecule has 0 aromatic rings. The maximum atomic E-state index is 13.7. The van der Waals surface area contributed by atoms with Gasteiger partial charge in [-0.3, -0.25) is 48.5 Å². The van der Waals surface area contributed by atoms with E-state index < -0.39 is 113 Å². The fourth-order valence-electron chi connectivity index (χ4n) is 12.0. The molecule has 0 saturated heterocycles. The number of allylic oxidation sites excluding steroid dienone is 6. The summed E-state index contributed by atoms with van der Waals surface area (Å²) >= 11 is 0. The van der Waals surface area contributed by atoms with E-state index in [9.17, 15) is 48.2 Å². The van der Waals surface area contributed by atoms with Crippen molar-refractivity contribution in [3.05, 3.63) is 34.3 Å². The number of hydrogen-bond donors (Lipinski definition) is 11. The molecular weight excluding hydrogens is 997 g/mol. The molecule has 4 rings (SSSR count). The van der Waals surface area contributed by atoms with Crippen molar-refractivity contribution in [1.82, 2.24) is 5.32 Å². The molecule has 0 unspecified atom stereocenters. The summed E-state index contributed by atoms with van der Waals surface area (Å²) in [6.07, 6.45) is 0.113. The second kappa shape index (κ2) is 23.5. The predicted molar refractivity (Wildman–Crippen MR) is 268 cm³/mol. The molecule has 0 spiro atoms. The standard InChI is InChI=1S/C48H76N11O11P.Co/c1-23(70-71(67,68)69)22-56-39(66)16-17-46(7)30(18-36(52)63)42-26(4)47(8,20-37(53)64)28(11-14-34(50)61)40(55)24(2)43-48(9,21-38(54)65)27(10-13-33(49)60)31(57-43)19-32-45(5,6)29(12-15-35(51)62)41(58-32)25(3)44(46)59-42;/h19,23,26-30,42,67-69H,10-18,20-22H2,1-9H3,(H14-,49,50,51,52,53,54,55,56,57,58,59,60,61,62,63,64,65,66);/q;+2/p+1/t23-,26-,27-,28-,29-,30+,42+,46-,47-,48+;/m1./s1. The van der Waals surface area contributed by atoms with Crippen LogP contribution in [-0.2, 0) is 54.9 Å². The van der Waals surface area contributed by atoms with Crippen molar-refractivity contribution in [1.29, 1.82) is 0 Å². The molecule has 22 nitrogen and oxygen atoms in total. The van der Waals surface area contributed by atoms with Gasteiger partial charge in [-0.2, -0.15) is 14.7 Å². The van der Waals surface area contributed by atoms with Crippen molar-refractivity contribution < 1.29 is 69.5 Å². The minimum Gasteiger partial charge on any atom is -0.402 e. The van der Waals surface area contributed by atoms with E-state index in [4.69, 9.17) is 59.6 Å². The van der Waals surface area contributed by atoms with E-state index in [2.05, 4.69) is 5.32 Å². The molecule has 18 N–H and O–H groups in total. The number of hydrogen-bond acceptors (Lipinski definition) is 15. The number of nitrogens with one attached hydrogen (secondary N) is 1. The number of primary amides is 6. The second-order valence-corrected chi connectivity index (χ2v) is 22.6. The quantitative estimate of drug-likeness (QED) is 0.0690. The molecule has 6 bridgehead atoms. The first kappa shape index (κ1) is 61.4. The Labute approximate surface area is 432 Å². The van der Waals surface area contributed by atoms with Gasteiger partial charge in [0.25, 0.3) is 0 Å². The van der Waals surface area contributed by atoms with E-state index in [1.165, 1.54) is 6.92 Å². The van der Waals surface area contributed by atoms with E-state index in [-0.39, 0.29) is 99.6 Å². The van der Waals surface area contributed by atoms with Crippen LogP contribution in [-0.4, -0.2) is 91.9 Å². The number of nitrogens with two attached hydrogens (primary N) is 7. The minimum atomic E-state index is -4.61. The Balaban J connectivity index is 0.0000137. The van der Waals surface area contributed by atoms with Gasteiger partial charge in [-0.1, -0.05) is 41.5 Å². The van der Waals surface area contributed by atoms with Gasteiger partial charge in [-0.05, 0) is 75.0 Å². The van der Waals surface area contributed by atoms with Gasteiger partial charge < -0.3 is 45.5 Å². The fraction of sp³-hybridized carbons (Fsp3) is 0.667. The molecule has 0 aromatic carbocycles. The fourth-order valence-corrected chi connectivity index (χ4v) is 12.5. The maximum Gasteiger partial charge on any atom is 2.00 e. The maximum absolute atomic E-state index is 13.7. The Hall–Kier alpha value is -4.90. The van der Waals surface area contributed by atoms with Crippen LogP contribution in [0.4, 0.5) is 0 Å². The van der Waals surface area contributed by atoms with E-state index in [1.807, 2.05) is 54.5 Å². The molecule has 72 heavy (non-hydrogen) atoms. The van der Waals surface area contributed by atoms with Gasteiger partial charge in [0.2, 0.25) is 41.4 Å². The van der Waals surface area contributed by atoms with Crippen LogP contribution in [0, 0.1) is 51.2 Å². The van der Waals surface area contributed by atoms with Crippen LogP contribution in [0.3, 0.4) is 0 Å². The van der Waals surface area contributed by atoms with E-state index in [0.717, 1.165) is 0 Å². The molecule has 10 atom stereocenters. The first-order valence-corrected chi connectivity index (χ1v) is 25.5. The van der Waals surface area contributed by atoms with Crippen LogP contribution < -0.4 is 45.5 Å². The van der Waals surface area contributed by atoms with Gasteiger partial charge >= 0.3 is 24.9 Å². The molecule has 1 radical (unpaired) electrons. The van der Waals surface area contributed by atoms with E-state index in [0.29, 0.717) is 39.7 Å². The van der Waals surface area contributed by atoms with Gasteiger partial charge in [0, 0.05) is 120 Å². The number of amides is 7. The van der Waals surface area contributed by atoms with Crippen molar-refractivity contribution in [3.63, 3.8) is 0 Å². The molecular formula is C48H77CoN11O11P+3. The number of fused-ring (bicyclic) bond motifs is 3. The van der Waals surface area contributed by atoms with Crippen molar-refractivity contribution in [2.75, 3.05) is 6.54 Å². The molecule has 24 heteroatoms. The van der Waals surface area contributed by atoms with Gasteiger partial charge in [-0.15, -0.1) is 4.52 Å². The number of rotatable bonds is 22. The molecule has 0 saturated carbocycles. The molecule has 401 valence electrons. The average Bonchev–Trinajstić information content (AvgIpc) is 3.76. The Kier molecular flexibility index (Phi) is 20.1. The predicted octanol–water partition coefficient (Wildman–Crippen LogP) is 1.65. The summed E-state index contributed by atoms with van der Waals surface area (Å²) in [5, 5.41) is 2.70. The van der Waals surface area contributed by atoms with E-state index in [1.54, 1.807) is 6.92 Å². The summed E-state index contributed by atoms with van der Waals surface area (Å²) in [6, 6.07) is -0.845. The van der Waals surface area contributed by atoms with Gasteiger partial charge in [0.1, 0.15) is 6.10 Å². The zero-order valence-electron chi connectivity index (χ0n) is 42.9. The summed E-state index contributed by atoms with van der Waals surface area (Å²) in [7, 11) is -4.61. The Morgan fingerprint density at radius 1 is 0.722 bits per heavy atom. The summed E-state index contributed by atoms with van der Waals surface area (Å²) < 4.78 is 4.82. The topological polar surface area (TPSA) is 421 Å². The Morgan fingerprint density at radius 2 is 1.25 bits per heavy atom. The Bertz CT molecular complexity index is 2380. The van der Waals surface area contributed by atoms with Gasteiger partial charge in [-0.25, -0.2) is 0 Å². The summed E-state index contributed by atoms with van der Waals surface area (Å²) in [6.45, 7) is 16.1. The zero-order valence-corrected chi connectivity index (χ0v) is 44.8. The first-order valence-electron chi connectivity index (χ1n) is 24.0. The summed E-state index contributed by atoms with van der Waals surface area (Å²) in [5.74, 6) is -7.78. The average molecular weight is 1070 g/mol. The van der Waals surface area contributed by atoms with Crippen LogP contribution in [0.1, 0.15) is 133 Å². The third kappa shape index (κ3) is 13.6. The van der Waals surface area contributed by atoms with Gasteiger partial charge in [0.05, 0.1) is 11.8 Å². The smallest absolute Gasteiger partial charge is 0.402 e. The molecule has 0 aliphatic carbocycles. The van der Waals surface area contributed by atoms with Crippen molar-refractivity contribution in [2.24, 2.45) is 106 Å². The van der Waals surface area contributed by atoms with Crippen LogP contribution in [0.2, 0.25) is 0 Å². The third-order valence-electron chi connectivity index (χ3n) is 15.9. The SMILES string of the molecule is C/C1=C2N=C(/C=C3N=C(/C(C)=C(\N)[C@@H](CCC(N)=O)[C@](C)(CC(N)=O)[C@H](C)[C@@H]4N=C1[C@](C)(CCC(=O)NC[C@@H](C)O[P+](O)(O)O)[C@H]4CC(N)=O)[C@@](C)(CC(N)=O)[C@@H]\3CCC(N)=O)C(C)(C)[C@@H]/2CCC(N)=O.[Co+2]. The number of nitrogens with zero attached hydrogens (tertiary/aromatic N) is 3. The minimum absolute atomic E-state index is 0. The molecule has 0 fully saturated rings. The van der Waals surface area contributed by atoms with Crippen molar-refractivity contribution in [3.8, 4) is 0 Å². The summed E-state index contributed by atoms with van der Waals surface area (Å²) in [4.78, 5) is 136. The third-order valence-corrected chi connectivity index (χ3v) is 16.6. The van der Waals surface area contributed by atoms with Crippen LogP contribution in [0.5, 0.6) is 0 Å². The Morgan fingerprint density at radius 3 is 1.75 bits per heavy atom. The van der Waals surface area contributed by atoms with Crippen LogP contribution >= 0.6 is 8.17 Å². The first-order chi connectivity index (χ1) is 32.6. The number of carbonyl (C=O) groups is 7. The van der Waals surface area contributed by atoms with Crippen LogP contribution in [0.25, 0.3) is 0 Å². The molecule has 7 amide bonds. The second-order valence-electron chi connectivity index (χ2n) is 21.4. The summed E-state index contributed by atoms with van der Waals surface area (Å²) in [5.41, 5.74) is 42.0. The monoisotopic (exact) mass is 1070 g/mol. The van der Waals surface area contributed by atoms with Gasteiger partial charge in [0.15, 0.2) is 0 Å². The molecule has 0 aromatic heterocycles.